The standard InChI is InChI=1S/C48H37NP2/c1-5-17-37(18-6-1)41-25-13-29-45(33-41)50(46-30-14-26-42(34-46)38-19-7-2-8-20-38)49-51(47-31-15-27-43(35-47)39-21-9-3-10-22-39)48-32-16-28-44(36-48)40-23-11-4-12-24-40/h1-36,49H. The highest BCUT2D eigenvalue weighted by Crippen LogP contribution is 2.44. The second kappa shape index (κ2) is 15.6. The van der Waals surface area contributed by atoms with Gasteiger partial charge in [-0.15, -0.1) is 0 Å². The number of benzene rings is 8. The van der Waals surface area contributed by atoms with Crippen LogP contribution in [0.3, 0.4) is 0 Å². The molecule has 0 fully saturated rings. The third-order valence-electron chi connectivity index (χ3n) is 9.05. The summed E-state index contributed by atoms with van der Waals surface area (Å²) in [6, 6.07) is 79.3. The minimum Gasteiger partial charge on any atom is -0.259 e. The first-order valence-electron chi connectivity index (χ1n) is 17.3. The first kappa shape index (κ1) is 32.8. The molecule has 0 amide bonds. The molecular weight excluding hydrogens is 652 g/mol. The van der Waals surface area contributed by atoms with Gasteiger partial charge in [-0.25, -0.2) is 0 Å². The molecule has 51 heavy (non-hydrogen) atoms. The summed E-state index contributed by atoms with van der Waals surface area (Å²) in [5, 5.41) is 5.18. The summed E-state index contributed by atoms with van der Waals surface area (Å²) in [4.78, 5) is 4.36. The van der Waals surface area contributed by atoms with Crippen LogP contribution in [0.5, 0.6) is 0 Å². The van der Waals surface area contributed by atoms with Crippen LogP contribution in [0.2, 0.25) is 0 Å². The fourth-order valence-electron chi connectivity index (χ4n) is 6.45. The molecule has 0 aliphatic carbocycles. The molecule has 0 radical (unpaired) electrons. The maximum atomic E-state index is 4.36. The first-order valence-corrected chi connectivity index (χ1v) is 20.0. The highest BCUT2D eigenvalue weighted by atomic mass is 31.2. The topological polar surface area (TPSA) is 12.0 Å². The van der Waals surface area contributed by atoms with Gasteiger partial charge in [-0.1, -0.05) is 194 Å². The molecule has 1 N–H and O–H groups in total. The van der Waals surface area contributed by atoms with Gasteiger partial charge in [-0.2, -0.15) is 0 Å². The van der Waals surface area contributed by atoms with Crippen LogP contribution in [-0.4, -0.2) is 0 Å². The summed E-state index contributed by atoms with van der Waals surface area (Å²) < 4.78 is 0. The lowest BCUT2D eigenvalue weighted by molar-refractivity contribution is 1.59. The van der Waals surface area contributed by atoms with Crippen molar-refractivity contribution in [3.8, 4) is 44.5 Å². The monoisotopic (exact) mass is 689 g/mol. The molecule has 0 spiro atoms. The molecule has 0 aliphatic heterocycles. The SMILES string of the molecule is c1ccc(-c2cccc(P(NP(c3cccc(-c4ccccc4)c3)c3cccc(-c4ccccc4)c3)c3cccc(-c4ccccc4)c3)c2)cc1. The molecule has 0 heterocycles. The predicted molar refractivity (Wildman–Crippen MR) is 223 cm³/mol. The van der Waals surface area contributed by atoms with E-state index in [1.807, 2.05) is 0 Å². The van der Waals surface area contributed by atoms with E-state index in [-0.39, 0.29) is 0 Å². The van der Waals surface area contributed by atoms with Crippen LogP contribution < -0.4 is 26.1 Å². The smallest absolute Gasteiger partial charge is 0.0295 e. The van der Waals surface area contributed by atoms with Gasteiger partial charge in [0.2, 0.25) is 0 Å². The molecule has 3 heteroatoms. The van der Waals surface area contributed by atoms with Crippen LogP contribution in [0.15, 0.2) is 218 Å². The number of nitrogens with one attached hydrogen (secondary N) is 1. The Kier molecular flexibility index (Phi) is 10.0. The molecule has 0 atom stereocenters. The predicted octanol–water partition coefficient (Wildman–Crippen LogP) is 11.3. The van der Waals surface area contributed by atoms with Gasteiger partial charge in [0, 0.05) is 16.1 Å². The maximum absolute atomic E-state index is 4.36. The maximum Gasteiger partial charge on any atom is 0.0295 e. The van der Waals surface area contributed by atoms with E-state index in [9.17, 15) is 0 Å². The summed E-state index contributed by atoms with van der Waals surface area (Å²) in [6.07, 6.45) is 0. The van der Waals surface area contributed by atoms with E-state index in [0.717, 1.165) is 0 Å². The van der Waals surface area contributed by atoms with Crippen molar-refractivity contribution >= 4 is 37.4 Å². The van der Waals surface area contributed by atoms with E-state index in [1.54, 1.807) is 0 Å². The zero-order chi connectivity index (χ0) is 34.2. The van der Waals surface area contributed by atoms with Crippen molar-refractivity contribution in [3.05, 3.63) is 218 Å². The Balaban J connectivity index is 1.29. The summed E-state index contributed by atoms with van der Waals surface area (Å²) in [5.74, 6) is 0. The molecule has 0 bridgehead atoms. The van der Waals surface area contributed by atoms with E-state index in [2.05, 4.69) is 223 Å². The Morgan fingerprint density at radius 3 is 0.667 bits per heavy atom. The van der Waals surface area contributed by atoms with Crippen LogP contribution in [0.4, 0.5) is 0 Å². The first-order chi connectivity index (χ1) is 25.3. The summed E-state index contributed by atoms with van der Waals surface area (Å²) in [6.45, 7) is 0. The highest BCUT2D eigenvalue weighted by molar-refractivity contribution is 7.85. The van der Waals surface area contributed by atoms with Crippen molar-refractivity contribution in [2.45, 2.75) is 0 Å². The Hall–Kier alpha value is -5.42. The fourth-order valence-corrected chi connectivity index (χ4v) is 11.7. The normalized spacial score (nSPS) is 11.2. The molecule has 244 valence electrons. The second-order valence-corrected chi connectivity index (χ2v) is 16.6. The van der Waals surface area contributed by atoms with Crippen molar-refractivity contribution in [3.63, 3.8) is 0 Å². The van der Waals surface area contributed by atoms with Gasteiger partial charge in [-0.3, -0.25) is 4.86 Å². The van der Waals surface area contributed by atoms with Gasteiger partial charge in [0.05, 0.1) is 0 Å². The molecule has 8 aromatic carbocycles. The third-order valence-corrected chi connectivity index (χ3v) is 13.8. The van der Waals surface area contributed by atoms with Crippen molar-refractivity contribution in [1.82, 2.24) is 4.86 Å². The van der Waals surface area contributed by atoms with Crippen LogP contribution in [0.1, 0.15) is 0 Å². The molecular formula is C48H37NP2. The molecule has 8 rings (SSSR count). The molecule has 0 aliphatic rings. The molecule has 0 saturated carbocycles. The summed E-state index contributed by atoms with van der Waals surface area (Å²) >= 11 is 0. The molecule has 1 nitrogen and oxygen atoms in total. The van der Waals surface area contributed by atoms with Gasteiger partial charge in [0.25, 0.3) is 0 Å². The number of hydrogen-bond donors (Lipinski definition) is 1. The molecule has 0 unspecified atom stereocenters. The molecule has 0 saturated heterocycles. The molecule has 8 aromatic rings. The zero-order valence-electron chi connectivity index (χ0n) is 28.2. The van der Waals surface area contributed by atoms with Crippen LogP contribution in [0.25, 0.3) is 44.5 Å². The number of hydrogen-bond acceptors (Lipinski definition) is 1. The van der Waals surface area contributed by atoms with Crippen molar-refractivity contribution in [1.29, 1.82) is 0 Å². The Morgan fingerprint density at radius 2 is 0.431 bits per heavy atom. The van der Waals surface area contributed by atoms with E-state index in [1.165, 1.54) is 65.7 Å². The van der Waals surface area contributed by atoms with Crippen molar-refractivity contribution < 1.29 is 0 Å². The van der Waals surface area contributed by atoms with E-state index in [0.29, 0.717) is 0 Å². The lowest BCUT2D eigenvalue weighted by Gasteiger charge is -2.29. The summed E-state index contributed by atoms with van der Waals surface area (Å²) in [5.41, 5.74) is 9.79. The van der Waals surface area contributed by atoms with Crippen LogP contribution in [-0.2, 0) is 0 Å². The lowest BCUT2D eigenvalue weighted by atomic mass is 10.1. The van der Waals surface area contributed by atoms with E-state index in [4.69, 9.17) is 0 Å². The van der Waals surface area contributed by atoms with Gasteiger partial charge in [0.15, 0.2) is 0 Å². The average Bonchev–Trinajstić information content (AvgIpc) is 3.23. The van der Waals surface area contributed by atoms with Crippen LogP contribution >= 0.6 is 16.1 Å². The lowest BCUT2D eigenvalue weighted by Crippen LogP contribution is -2.27. The average molecular weight is 690 g/mol. The highest BCUT2D eigenvalue weighted by Gasteiger charge is 2.24. The van der Waals surface area contributed by atoms with E-state index < -0.39 is 16.1 Å². The van der Waals surface area contributed by atoms with Gasteiger partial charge >= 0.3 is 0 Å². The minimum absolute atomic E-state index is 1.000. The van der Waals surface area contributed by atoms with Gasteiger partial charge in [-0.05, 0) is 90.0 Å². The second-order valence-electron chi connectivity index (χ2n) is 12.4. The van der Waals surface area contributed by atoms with Crippen molar-refractivity contribution in [2.75, 3.05) is 0 Å². The zero-order valence-corrected chi connectivity index (χ0v) is 30.0. The fraction of sp³-hybridized carbons (Fsp3) is 0. The van der Waals surface area contributed by atoms with Crippen molar-refractivity contribution in [2.24, 2.45) is 0 Å². The van der Waals surface area contributed by atoms with Gasteiger partial charge < -0.3 is 0 Å². The Labute approximate surface area is 303 Å². The largest absolute Gasteiger partial charge is 0.259 e. The Morgan fingerprint density at radius 1 is 0.216 bits per heavy atom. The molecule has 0 aromatic heterocycles. The third kappa shape index (κ3) is 7.68. The number of rotatable bonds is 10. The summed E-state index contributed by atoms with van der Waals surface area (Å²) in [7, 11) is -2.00. The Bertz CT molecular complexity index is 2010. The minimum atomic E-state index is -1.000. The quantitative estimate of drug-likeness (QED) is 0.141. The van der Waals surface area contributed by atoms with Crippen LogP contribution in [0, 0.1) is 0 Å². The van der Waals surface area contributed by atoms with E-state index >= 15 is 0 Å². The van der Waals surface area contributed by atoms with Gasteiger partial charge in [0.1, 0.15) is 0 Å².